The van der Waals surface area contributed by atoms with Crippen LogP contribution in [0.15, 0.2) is 18.3 Å². The van der Waals surface area contributed by atoms with Crippen molar-refractivity contribution in [1.82, 2.24) is 10.3 Å². The van der Waals surface area contributed by atoms with Gasteiger partial charge in [-0.15, -0.1) is 0 Å². The van der Waals surface area contributed by atoms with E-state index in [1.54, 1.807) is 25.3 Å². The van der Waals surface area contributed by atoms with Crippen molar-refractivity contribution >= 4 is 28.9 Å². The molecule has 0 saturated heterocycles. The van der Waals surface area contributed by atoms with Gasteiger partial charge in [-0.05, 0) is 25.5 Å². The van der Waals surface area contributed by atoms with Gasteiger partial charge in [0, 0.05) is 18.3 Å². The number of nitrogens with two attached hydrogens (primary N) is 1. The Morgan fingerprint density at radius 1 is 1.61 bits per heavy atom. The number of pyridine rings is 1. The van der Waals surface area contributed by atoms with Crippen LogP contribution in [0.2, 0.25) is 0 Å². The molecule has 0 fully saturated rings. The molecule has 0 aliphatic carbocycles. The monoisotopic (exact) mass is 266 g/mol. The second-order valence-corrected chi connectivity index (χ2v) is 4.39. The number of aromatic nitrogens is 1. The number of hydrogen-bond donors (Lipinski definition) is 3. The highest BCUT2D eigenvalue weighted by Crippen LogP contribution is 2.08. The van der Waals surface area contributed by atoms with Gasteiger partial charge in [0.1, 0.15) is 16.8 Å². The van der Waals surface area contributed by atoms with E-state index in [0.29, 0.717) is 17.4 Å². The summed E-state index contributed by atoms with van der Waals surface area (Å²) in [6, 6.07) is 3.10. The summed E-state index contributed by atoms with van der Waals surface area (Å²) in [6.45, 7) is 4.46. The van der Waals surface area contributed by atoms with Gasteiger partial charge in [0.2, 0.25) is 5.91 Å². The molecule has 5 nitrogen and oxygen atoms in total. The van der Waals surface area contributed by atoms with Crippen LogP contribution in [-0.2, 0) is 4.79 Å². The summed E-state index contributed by atoms with van der Waals surface area (Å²) in [5.41, 5.74) is 6.26. The predicted molar refractivity (Wildman–Crippen MR) is 76.5 cm³/mol. The van der Waals surface area contributed by atoms with E-state index in [9.17, 15) is 4.79 Å². The molecule has 98 valence electrons. The summed E-state index contributed by atoms with van der Waals surface area (Å²) < 4.78 is 0. The third-order valence-electron chi connectivity index (χ3n) is 2.35. The lowest BCUT2D eigenvalue weighted by Gasteiger charge is -2.14. The zero-order valence-electron chi connectivity index (χ0n) is 10.6. The van der Waals surface area contributed by atoms with E-state index in [0.717, 1.165) is 12.0 Å². The van der Waals surface area contributed by atoms with Crippen molar-refractivity contribution in [3.8, 4) is 0 Å². The largest absolute Gasteiger partial charge is 0.389 e. The smallest absolute Gasteiger partial charge is 0.242 e. The van der Waals surface area contributed by atoms with Crippen LogP contribution >= 0.6 is 12.2 Å². The molecule has 1 aromatic rings. The van der Waals surface area contributed by atoms with Gasteiger partial charge in [-0.1, -0.05) is 19.1 Å². The molecule has 0 aliphatic heterocycles. The van der Waals surface area contributed by atoms with Gasteiger partial charge in [0.15, 0.2) is 0 Å². The van der Waals surface area contributed by atoms with E-state index in [1.807, 2.05) is 6.92 Å². The fourth-order valence-corrected chi connectivity index (χ4v) is 1.48. The van der Waals surface area contributed by atoms with Crippen molar-refractivity contribution in [1.29, 1.82) is 0 Å². The first-order chi connectivity index (χ1) is 8.54. The molecule has 0 aliphatic rings. The molecule has 1 unspecified atom stereocenters. The first-order valence-corrected chi connectivity index (χ1v) is 6.25. The van der Waals surface area contributed by atoms with Crippen molar-refractivity contribution in [3.63, 3.8) is 0 Å². The van der Waals surface area contributed by atoms with Crippen LogP contribution in [0.1, 0.15) is 25.8 Å². The molecule has 0 radical (unpaired) electrons. The fourth-order valence-electron chi connectivity index (χ4n) is 1.35. The normalized spacial score (nSPS) is 11.7. The zero-order chi connectivity index (χ0) is 13.5. The molecule has 0 bridgehead atoms. The maximum Gasteiger partial charge on any atom is 0.242 e. The van der Waals surface area contributed by atoms with E-state index >= 15 is 0 Å². The minimum absolute atomic E-state index is 0.0561. The van der Waals surface area contributed by atoms with Gasteiger partial charge in [0.25, 0.3) is 0 Å². The summed E-state index contributed by atoms with van der Waals surface area (Å²) in [7, 11) is 0. The molecular formula is C12H18N4OS. The third-order valence-corrected chi connectivity index (χ3v) is 2.59. The number of nitrogens with one attached hydrogen (secondary N) is 2. The van der Waals surface area contributed by atoms with Gasteiger partial charge in [-0.25, -0.2) is 4.98 Å². The third kappa shape index (κ3) is 4.29. The van der Waals surface area contributed by atoms with E-state index in [1.165, 1.54) is 0 Å². The van der Waals surface area contributed by atoms with Crippen molar-refractivity contribution in [2.45, 2.75) is 26.3 Å². The fraction of sp³-hybridized carbons (Fsp3) is 0.417. The predicted octanol–water partition coefficient (Wildman–Crippen LogP) is 1.04. The van der Waals surface area contributed by atoms with Crippen molar-refractivity contribution < 1.29 is 4.79 Å². The minimum Gasteiger partial charge on any atom is -0.389 e. The van der Waals surface area contributed by atoms with E-state index in [-0.39, 0.29) is 11.9 Å². The Kier molecular flexibility index (Phi) is 5.51. The number of carbonyl (C=O) groups excluding carboxylic acids is 1. The number of thiocarbonyl (C=S) groups is 1. The van der Waals surface area contributed by atoms with Crippen LogP contribution in [0.5, 0.6) is 0 Å². The van der Waals surface area contributed by atoms with Crippen molar-refractivity contribution in [2.75, 3.05) is 11.9 Å². The molecule has 6 heteroatoms. The lowest BCUT2D eigenvalue weighted by molar-refractivity contribution is -0.121. The molecule has 1 rings (SSSR count). The van der Waals surface area contributed by atoms with Crippen molar-refractivity contribution in [2.24, 2.45) is 5.73 Å². The van der Waals surface area contributed by atoms with Crippen LogP contribution in [-0.4, -0.2) is 28.5 Å². The minimum atomic E-state index is -0.356. The Morgan fingerprint density at radius 3 is 2.94 bits per heavy atom. The van der Waals surface area contributed by atoms with E-state index in [4.69, 9.17) is 18.0 Å². The summed E-state index contributed by atoms with van der Waals surface area (Å²) in [5, 5.41) is 5.82. The Labute approximate surface area is 112 Å². The molecule has 4 N–H and O–H groups in total. The van der Waals surface area contributed by atoms with Crippen LogP contribution in [0.4, 0.5) is 5.82 Å². The first kappa shape index (κ1) is 14.4. The highest BCUT2D eigenvalue weighted by molar-refractivity contribution is 7.80. The Morgan fingerprint density at radius 2 is 2.33 bits per heavy atom. The molecule has 0 aromatic carbocycles. The number of rotatable bonds is 6. The number of anilines is 1. The zero-order valence-corrected chi connectivity index (χ0v) is 11.4. The number of carbonyl (C=O) groups is 1. The van der Waals surface area contributed by atoms with Gasteiger partial charge in [-0.2, -0.15) is 0 Å². The summed E-state index contributed by atoms with van der Waals surface area (Å²) in [6.07, 6.45) is 2.52. The summed E-state index contributed by atoms with van der Waals surface area (Å²) in [4.78, 5) is 16.1. The second kappa shape index (κ2) is 6.90. The molecule has 1 amide bonds. The van der Waals surface area contributed by atoms with Crippen molar-refractivity contribution in [3.05, 3.63) is 23.9 Å². The Balaban J connectivity index is 2.63. The molecule has 1 atom stereocenters. The maximum atomic E-state index is 11.7. The molecule has 0 spiro atoms. The van der Waals surface area contributed by atoms with E-state index < -0.39 is 0 Å². The topological polar surface area (TPSA) is 80.0 Å². The second-order valence-electron chi connectivity index (χ2n) is 3.95. The summed E-state index contributed by atoms with van der Waals surface area (Å²) in [5.74, 6) is 0.527. The molecule has 18 heavy (non-hydrogen) atoms. The Bertz CT molecular complexity index is 436. The number of nitrogens with zero attached hydrogens (tertiary/aromatic N) is 1. The maximum absolute atomic E-state index is 11.7. The lowest BCUT2D eigenvalue weighted by atomic mass is 10.2. The first-order valence-electron chi connectivity index (χ1n) is 5.84. The van der Waals surface area contributed by atoms with Crippen LogP contribution < -0.4 is 16.4 Å². The highest BCUT2D eigenvalue weighted by atomic mass is 32.1. The van der Waals surface area contributed by atoms with Crippen LogP contribution in [0.3, 0.4) is 0 Å². The SMILES string of the molecule is CCCNC(=O)C(C)Nc1cc(C(N)=S)ccn1. The lowest BCUT2D eigenvalue weighted by Crippen LogP contribution is -2.38. The highest BCUT2D eigenvalue weighted by Gasteiger charge is 2.12. The molecular weight excluding hydrogens is 248 g/mol. The molecule has 1 heterocycles. The number of amides is 1. The molecule has 0 saturated carbocycles. The Hall–Kier alpha value is -1.69. The average Bonchev–Trinajstić information content (AvgIpc) is 2.36. The van der Waals surface area contributed by atoms with Gasteiger partial charge in [-0.3, -0.25) is 4.79 Å². The van der Waals surface area contributed by atoms with Gasteiger partial charge >= 0.3 is 0 Å². The van der Waals surface area contributed by atoms with Crippen LogP contribution in [0, 0.1) is 0 Å². The van der Waals surface area contributed by atoms with Gasteiger partial charge in [0.05, 0.1) is 0 Å². The average molecular weight is 266 g/mol. The number of hydrogen-bond acceptors (Lipinski definition) is 4. The van der Waals surface area contributed by atoms with Crippen LogP contribution in [0.25, 0.3) is 0 Å². The quantitative estimate of drug-likeness (QED) is 0.670. The standard InChI is InChI=1S/C12H18N4OS/c1-3-5-15-12(17)8(2)16-10-7-9(11(13)18)4-6-14-10/h4,6-8H,3,5H2,1-2H3,(H2,13,18)(H,14,16)(H,15,17). The molecule has 1 aromatic heterocycles. The van der Waals surface area contributed by atoms with E-state index in [2.05, 4.69) is 15.6 Å². The van der Waals surface area contributed by atoms with Gasteiger partial charge < -0.3 is 16.4 Å². The summed E-state index contributed by atoms with van der Waals surface area (Å²) >= 11 is 4.89.